The Balaban J connectivity index is 2.20. The number of ether oxygens (including phenoxy) is 2. The van der Waals surface area contributed by atoms with Crippen LogP contribution in [0.3, 0.4) is 0 Å². The zero-order valence-electron chi connectivity index (χ0n) is 12.0. The van der Waals surface area contributed by atoms with Crippen LogP contribution in [0, 0.1) is 0 Å². The first kappa shape index (κ1) is 15.0. The second-order valence-electron chi connectivity index (χ2n) is 4.63. The Morgan fingerprint density at radius 3 is 2.67 bits per heavy atom. The minimum atomic E-state index is -0.457. The van der Waals surface area contributed by atoms with Gasteiger partial charge >= 0.3 is 11.9 Å². The van der Waals surface area contributed by atoms with Crippen molar-refractivity contribution in [3.63, 3.8) is 0 Å². The van der Waals surface area contributed by atoms with Crippen molar-refractivity contribution in [3.05, 3.63) is 35.4 Å². The maximum atomic E-state index is 11.8. The van der Waals surface area contributed by atoms with Crippen LogP contribution in [0.1, 0.15) is 35.3 Å². The average Bonchev–Trinajstić information content (AvgIpc) is 2.50. The fourth-order valence-electron chi connectivity index (χ4n) is 2.36. The monoisotopic (exact) mass is 291 g/mol. The third kappa shape index (κ3) is 3.04. The number of esters is 2. The van der Waals surface area contributed by atoms with E-state index in [-0.39, 0.29) is 31.5 Å². The Hall–Kier alpha value is -2.37. The number of likely N-dealkylation sites (tertiary alicyclic amines) is 1. The number of amides is 1. The van der Waals surface area contributed by atoms with E-state index in [1.807, 2.05) is 0 Å². The minimum absolute atomic E-state index is 0.104. The third-order valence-corrected chi connectivity index (χ3v) is 3.39. The first-order valence-electron chi connectivity index (χ1n) is 6.70. The molecule has 1 aliphatic heterocycles. The Labute approximate surface area is 122 Å². The smallest absolute Gasteiger partial charge is 0.338 e. The molecule has 21 heavy (non-hydrogen) atoms. The summed E-state index contributed by atoms with van der Waals surface area (Å²) in [6.45, 7) is 1.87. The van der Waals surface area contributed by atoms with E-state index in [1.54, 1.807) is 31.2 Å². The summed E-state index contributed by atoms with van der Waals surface area (Å²) in [5.41, 5.74) is 1.10. The maximum Gasteiger partial charge on any atom is 0.338 e. The molecule has 6 heteroatoms. The summed E-state index contributed by atoms with van der Waals surface area (Å²) in [4.78, 5) is 36.4. The summed E-state index contributed by atoms with van der Waals surface area (Å²) in [7, 11) is 1.31. The molecular weight excluding hydrogens is 274 g/mol. The Morgan fingerprint density at radius 2 is 2.05 bits per heavy atom. The predicted octanol–water partition coefficient (Wildman–Crippen LogP) is 1.31. The normalized spacial score (nSPS) is 17.1. The van der Waals surface area contributed by atoms with Crippen LogP contribution in [0.25, 0.3) is 0 Å². The van der Waals surface area contributed by atoms with E-state index >= 15 is 0 Å². The molecule has 1 amide bonds. The zero-order valence-corrected chi connectivity index (χ0v) is 12.0. The van der Waals surface area contributed by atoms with Gasteiger partial charge in [-0.1, -0.05) is 18.2 Å². The number of rotatable bonds is 5. The lowest BCUT2D eigenvalue weighted by molar-refractivity contribution is -0.157. The van der Waals surface area contributed by atoms with Gasteiger partial charge in [0.2, 0.25) is 5.91 Å². The molecule has 1 aromatic rings. The number of β-lactam (4-membered cyclic amide) rings is 1. The lowest BCUT2D eigenvalue weighted by atomic mass is 9.90. The number of benzene rings is 1. The molecule has 2 rings (SSSR count). The van der Waals surface area contributed by atoms with Crippen molar-refractivity contribution in [1.29, 1.82) is 0 Å². The first-order chi connectivity index (χ1) is 10.1. The van der Waals surface area contributed by atoms with Crippen LogP contribution in [-0.4, -0.2) is 43.0 Å². The van der Waals surface area contributed by atoms with Crippen LogP contribution < -0.4 is 0 Å². The Kier molecular flexibility index (Phi) is 4.57. The van der Waals surface area contributed by atoms with Crippen LogP contribution in [0.5, 0.6) is 0 Å². The van der Waals surface area contributed by atoms with Gasteiger partial charge in [0.15, 0.2) is 0 Å². The van der Waals surface area contributed by atoms with Crippen molar-refractivity contribution in [3.8, 4) is 0 Å². The van der Waals surface area contributed by atoms with Crippen LogP contribution >= 0.6 is 0 Å². The van der Waals surface area contributed by atoms with Gasteiger partial charge in [0.1, 0.15) is 6.54 Å². The van der Waals surface area contributed by atoms with Gasteiger partial charge in [-0.05, 0) is 18.6 Å². The highest BCUT2D eigenvalue weighted by molar-refractivity contribution is 5.93. The van der Waals surface area contributed by atoms with Crippen LogP contribution in [0.15, 0.2) is 24.3 Å². The van der Waals surface area contributed by atoms with Crippen molar-refractivity contribution < 1.29 is 23.9 Å². The molecule has 1 atom stereocenters. The molecular formula is C15H17NO5. The molecule has 0 N–H and O–H groups in total. The van der Waals surface area contributed by atoms with Gasteiger partial charge in [-0.3, -0.25) is 9.59 Å². The van der Waals surface area contributed by atoms with Crippen LogP contribution in [-0.2, 0) is 19.1 Å². The predicted molar refractivity (Wildman–Crippen MR) is 73.5 cm³/mol. The van der Waals surface area contributed by atoms with E-state index in [1.165, 1.54) is 12.0 Å². The second-order valence-corrected chi connectivity index (χ2v) is 4.63. The molecule has 0 aliphatic carbocycles. The fraction of sp³-hybridized carbons (Fsp3) is 0.400. The first-order valence-corrected chi connectivity index (χ1v) is 6.70. The van der Waals surface area contributed by atoms with Gasteiger partial charge in [0, 0.05) is 0 Å². The van der Waals surface area contributed by atoms with E-state index < -0.39 is 11.9 Å². The van der Waals surface area contributed by atoms with Crippen molar-refractivity contribution in [1.82, 2.24) is 4.90 Å². The number of hydrogen-bond acceptors (Lipinski definition) is 5. The topological polar surface area (TPSA) is 72.9 Å². The van der Waals surface area contributed by atoms with E-state index in [0.717, 1.165) is 0 Å². The molecule has 1 aliphatic rings. The van der Waals surface area contributed by atoms with E-state index in [4.69, 9.17) is 9.47 Å². The molecule has 0 unspecified atom stereocenters. The van der Waals surface area contributed by atoms with Crippen molar-refractivity contribution in [2.45, 2.75) is 19.4 Å². The summed E-state index contributed by atoms with van der Waals surface area (Å²) >= 11 is 0. The number of nitrogens with zero attached hydrogens (tertiary/aromatic N) is 1. The Morgan fingerprint density at radius 1 is 1.33 bits per heavy atom. The summed E-state index contributed by atoms with van der Waals surface area (Å²) in [5.74, 6) is -1.04. The summed E-state index contributed by atoms with van der Waals surface area (Å²) in [5, 5.41) is 0. The largest absolute Gasteiger partial charge is 0.465 e. The molecule has 6 nitrogen and oxygen atoms in total. The number of methoxy groups -OCH3 is 1. The third-order valence-electron chi connectivity index (χ3n) is 3.39. The van der Waals surface area contributed by atoms with E-state index in [0.29, 0.717) is 11.1 Å². The molecule has 112 valence electrons. The lowest BCUT2D eigenvalue weighted by Gasteiger charge is -2.40. The molecule has 0 spiro atoms. The summed E-state index contributed by atoms with van der Waals surface area (Å²) < 4.78 is 9.60. The molecule has 0 radical (unpaired) electrons. The lowest BCUT2D eigenvalue weighted by Crippen LogP contribution is -2.49. The highest BCUT2D eigenvalue weighted by Crippen LogP contribution is 2.36. The highest BCUT2D eigenvalue weighted by Gasteiger charge is 2.40. The number of carbonyl (C=O) groups is 3. The SMILES string of the molecule is CCOC(=O)CN1C(=O)C[C@H]1c1ccccc1C(=O)OC. The standard InChI is InChI=1S/C15H17NO5/c1-3-21-14(18)9-16-12(8-13(16)17)10-6-4-5-7-11(10)15(19)20-2/h4-7,12H,3,8-9H2,1-2H3/t12-/m0/s1. The molecule has 1 saturated heterocycles. The second kappa shape index (κ2) is 6.39. The van der Waals surface area contributed by atoms with E-state index in [2.05, 4.69) is 0 Å². The van der Waals surface area contributed by atoms with Gasteiger partial charge in [0.25, 0.3) is 0 Å². The van der Waals surface area contributed by atoms with E-state index in [9.17, 15) is 14.4 Å². The minimum Gasteiger partial charge on any atom is -0.465 e. The maximum absolute atomic E-state index is 11.8. The van der Waals surface area contributed by atoms with Gasteiger partial charge < -0.3 is 14.4 Å². The fourth-order valence-corrected chi connectivity index (χ4v) is 2.36. The molecule has 1 aromatic carbocycles. The van der Waals surface area contributed by atoms with Gasteiger partial charge in [-0.2, -0.15) is 0 Å². The molecule has 0 aromatic heterocycles. The Bertz CT molecular complexity index is 569. The number of hydrogen-bond donors (Lipinski definition) is 0. The van der Waals surface area contributed by atoms with Crippen molar-refractivity contribution in [2.24, 2.45) is 0 Å². The number of carbonyl (C=O) groups excluding carboxylic acids is 3. The average molecular weight is 291 g/mol. The molecule has 0 bridgehead atoms. The molecule has 1 fully saturated rings. The van der Waals surface area contributed by atoms with Crippen LogP contribution in [0.4, 0.5) is 0 Å². The quantitative estimate of drug-likeness (QED) is 0.604. The van der Waals surface area contributed by atoms with Crippen molar-refractivity contribution in [2.75, 3.05) is 20.3 Å². The zero-order chi connectivity index (χ0) is 15.4. The highest BCUT2D eigenvalue weighted by atomic mass is 16.5. The molecule has 1 heterocycles. The van der Waals surface area contributed by atoms with Crippen molar-refractivity contribution >= 4 is 17.8 Å². The summed E-state index contributed by atoms with van der Waals surface area (Å²) in [6.07, 6.45) is 0.271. The van der Waals surface area contributed by atoms with Gasteiger partial charge in [-0.25, -0.2) is 4.79 Å². The van der Waals surface area contributed by atoms with Gasteiger partial charge in [0.05, 0.1) is 31.7 Å². The summed E-state index contributed by atoms with van der Waals surface area (Å²) in [6, 6.07) is 6.63. The molecule has 0 saturated carbocycles. The van der Waals surface area contributed by atoms with Gasteiger partial charge in [-0.15, -0.1) is 0 Å². The van der Waals surface area contributed by atoms with Crippen LogP contribution in [0.2, 0.25) is 0 Å².